The second-order valence-electron chi connectivity index (χ2n) is 3.23. The summed E-state index contributed by atoms with van der Waals surface area (Å²) in [6, 6.07) is 1.40. The summed E-state index contributed by atoms with van der Waals surface area (Å²) in [4.78, 5) is 26.7. The van der Waals surface area contributed by atoms with Crippen molar-refractivity contribution in [2.24, 2.45) is 4.99 Å². The molecule has 5 heteroatoms. The third-order valence-corrected chi connectivity index (χ3v) is 2.19. The monoisotopic (exact) mass is 219 g/mol. The van der Waals surface area contributed by atoms with Gasteiger partial charge in [-0.25, -0.2) is 9.59 Å². The largest absolute Gasteiger partial charge is 0.501 e. The topological polar surface area (TPSA) is 79.9 Å². The fraction of sp³-hybridized carbons (Fsp3) is 0.182. The minimum Gasteiger partial charge on any atom is -0.501 e. The first-order valence-electron chi connectivity index (χ1n) is 4.78. The Labute approximate surface area is 90.4 Å². The van der Waals surface area contributed by atoms with E-state index in [2.05, 4.69) is 9.41 Å². The molecule has 1 aromatic rings. The molecule has 1 aliphatic rings. The van der Waals surface area contributed by atoms with Crippen molar-refractivity contribution in [1.82, 2.24) is 0 Å². The average molecular weight is 219 g/mol. The molecule has 5 nitrogen and oxygen atoms in total. The maximum atomic E-state index is 11.3. The van der Waals surface area contributed by atoms with Crippen molar-refractivity contribution in [3.63, 3.8) is 0 Å². The minimum absolute atomic E-state index is 0.224. The third-order valence-electron chi connectivity index (χ3n) is 2.19. The van der Waals surface area contributed by atoms with E-state index >= 15 is 0 Å². The van der Waals surface area contributed by atoms with E-state index in [4.69, 9.17) is 0 Å². The van der Waals surface area contributed by atoms with E-state index in [-0.39, 0.29) is 11.1 Å². The molecule has 82 valence electrons. The van der Waals surface area contributed by atoms with Gasteiger partial charge in [-0.15, -0.1) is 0 Å². The zero-order valence-corrected chi connectivity index (χ0v) is 8.56. The van der Waals surface area contributed by atoms with Crippen LogP contribution < -0.4 is 11.3 Å². The number of nitrogens with zero attached hydrogens (tertiary/aromatic N) is 1. The van der Waals surface area contributed by atoms with Crippen LogP contribution in [0.4, 0.5) is 0 Å². The molecule has 0 aliphatic heterocycles. The van der Waals surface area contributed by atoms with Crippen molar-refractivity contribution < 1.29 is 9.52 Å². The summed E-state index contributed by atoms with van der Waals surface area (Å²) in [6.07, 6.45) is 3.08. The van der Waals surface area contributed by atoms with Crippen LogP contribution in [0.3, 0.4) is 0 Å². The molecule has 0 saturated carbocycles. The standard InChI is InChI=1S/C11H9NO4/c1-2-12-8-4-3-6-5-7(8)9(13)11(15)16-10(6)14/h3-5,13H,2H2,1H3. The predicted molar refractivity (Wildman–Crippen MR) is 59.0 cm³/mol. The second-order valence-corrected chi connectivity index (χ2v) is 3.23. The molecule has 2 bridgehead atoms. The van der Waals surface area contributed by atoms with Gasteiger partial charge in [0.15, 0.2) is 0 Å². The summed E-state index contributed by atoms with van der Waals surface area (Å²) in [7, 11) is 0. The van der Waals surface area contributed by atoms with E-state index < -0.39 is 17.0 Å². The predicted octanol–water partition coefficient (Wildman–Crippen LogP) is 0.541. The Balaban J connectivity index is 2.86. The summed E-state index contributed by atoms with van der Waals surface area (Å²) >= 11 is 0. The summed E-state index contributed by atoms with van der Waals surface area (Å²) in [5.41, 5.74) is -0.884. The van der Waals surface area contributed by atoms with Gasteiger partial charge in [0.1, 0.15) is 0 Å². The zero-order chi connectivity index (χ0) is 11.7. The molecule has 0 spiro atoms. The molecule has 0 unspecified atom stereocenters. The van der Waals surface area contributed by atoms with Gasteiger partial charge >= 0.3 is 11.3 Å². The van der Waals surface area contributed by atoms with Crippen LogP contribution in [0.15, 0.2) is 31.1 Å². The van der Waals surface area contributed by atoms with Gasteiger partial charge in [-0.3, -0.25) is 4.99 Å². The van der Waals surface area contributed by atoms with Crippen LogP contribution in [0, 0.1) is 0 Å². The van der Waals surface area contributed by atoms with Crippen LogP contribution in [-0.2, 0) is 0 Å². The Morgan fingerprint density at radius 3 is 2.75 bits per heavy atom. The third kappa shape index (κ3) is 1.56. The Morgan fingerprint density at radius 2 is 2.06 bits per heavy atom. The zero-order valence-electron chi connectivity index (χ0n) is 8.56. The molecule has 0 fully saturated rings. The van der Waals surface area contributed by atoms with Crippen molar-refractivity contribution in [2.45, 2.75) is 6.92 Å². The van der Waals surface area contributed by atoms with Crippen LogP contribution in [0.1, 0.15) is 18.1 Å². The lowest BCUT2D eigenvalue weighted by Gasteiger charge is -2.04. The van der Waals surface area contributed by atoms with E-state index in [0.29, 0.717) is 12.3 Å². The molecule has 0 atom stereocenters. The summed E-state index contributed by atoms with van der Waals surface area (Å²) < 4.78 is 4.40. The Hall–Kier alpha value is -2.17. The van der Waals surface area contributed by atoms with E-state index in [9.17, 15) is 14.7 Å². The highest BCUT2D eigenvalue weighted by atomic mass is 16.4. The van der Waals surface area contributed by atoms with Crippen molar-refractivity contribution in [3.05, 3.63) is 44.1 Å². The van der Waals surface area contributed by atoms with Crippen molar-refractivity contribution >= 4 is 11.8 Å². The van der Waals surface area contributed by atoms with Gasteiger partial charge in [-0.2, -0.15) is 0 Å². The molecular formula is C11H9NO4. The molecule has 0 radical (unpaired) electrons. The van der Waals surface area contributed by atoms with Gasteiger partial charge in [-0.05, 0) is 25.1 Å². The SMILES string of the molecule is CCN=C1C=Cc2cc1c(O)c(=O)oc2=O. The molecule has 16 heavy (non-hydrogen) atoms. The summed E-state index contributed by atoms with van der Waals surface area (Å²) in [5.74, 6) is -0.583. The van der Waals surface area contributed by atoms with Crippen LogP contribution in [0.25, 0.3) is 6.08 Å². The first kappa shape index (κ1) is 10.4. The van der Waals surface area contributed by atoms with Crippen LogP contribution >= 0.6 is 0 Å². The molecule has 1 N–H and O–H groups in total. The smallest absolute Gasteiger partial charge is 0.381 e. The Morgan fingerprint density at radius 1 is 1.31 bits per heavy atom. The molecule has 0 saturated heterocycles. The Bertz CT molecular complexity index is 610. The van der Waals surface area contributed by atoms with Gasteiger partial charge in [0.25, 0.3) is 0 Å². The lowest BCUT2D eigenvalue weighted by molar-refractivity contribution is 0.407. The summed E-state index contributed by atoms with van der Waals surface area (Å²) in [6.45, 7) is 2.35. The molecule has 1 heterocycles. The minimum atomic E-state index is -1.04. The molecule has 1 aliphatic carbocycles. The summed E-state index contributed by atoms with van der Waals surface area (Å²) in [5, 5.41) is 9.58. The average Bonchev–Trinajstić information content (AvgIpc) is 2.35. The number of hydrogen-bond acceptors (Lipinski definition) is 5. The van der Waals surface area contributed by atoms with Crippen LogP contribution in [0.5, 0.6) is 5.75 Å². The second kappa shape index (κ2) is 3.77. The highest BCUT2D eigenvalue weighted by molar-refractivity contribution is 6.14. The van der Waals surface area contributed by atoms with Gasteiger partial charge in [0.05, 0.1) is 16.8 Å². The van der Waals surface area contributed by atoms with Crippen molar-refractivity contribution in [1.29, 1.82) is 0 Å². The van der Waals surface area contributed by atoms with E-state index in [1.807, 2.05) is 6.92 Å². The number of aliphatic imine (C=N–C) groups is 1. The van der Waals surface area contributed by atoms with E-state index in [0.717, 1.165) is 0 Å². The highest BCUT2D eigenvalue weighted by Crippen LogP contribution is 2.17. The fourth-order valence-electron chi connectivity index (χ4n) is 1.46. The van der Waals surface area contributed by atoms with Crippen molar-refractivity contribution in [3.8, 4) is 5.75 Å². The molecule has 0 aromatic carbocycles. The van der Waals surface area contributed by atoms with Crippen LogP contribution in [-0.4, -0.2) is 17.4 Å². The van der Waals surface area contributed by atoms with Gasteiger partial charge in [0, 0.05) is 6.54 Å². The number of aromatic hydroxyl groups is 1. The molecule has 2 rings (SSSR count). The fourth-order valence-corrected chi connectivity index (χ4v) is 1.46. The molecule has 0 amide bonds. The first-order chi connectivity index (χ1) is 7.63. The highest BCUT2D eigenvalue weighted by Gasteiger charge is 2.16. The van der Waals surface area contributed by atoms with E-state index in [1.54, 1.807) is 6.08 Å². The maximum Gasteiger partial charge on any atom is 0.381 e. The number of allylic oxidation sites excluding steroid dienone is 1. The quantitative estimate of drug-likeness (QED) is 0.747. The molecular weight excluding hydrogens is 210 g/mol. The van der Waals surface area contributed by atoms with Crippen molar-refractivity contribution in [2.75, 3.05) is 6.54 Å². The number of hydrogen-bond donors (Lipinski definition) is 1. The normalized spacial score (nSPS) is 15.4. The van der Waals surface area contributed by atoms with Crippen LogP contribution in [0.2, 0.25) is 0 Å². The van der Waals surface area contributed by atoms with E-state index in [1.165, 1.54) is 12.1 Å². The molecule has 1 aromatic heterocycles. The van der Waals surface area contributed by atoms with Gasteiger partial charge in [-0.1, -0.05) is 0 Å². The number of fused-ring (bicyclic) bond motifs is 2. The lowest BCUT2D eigenvalue weighted by Crippen LogP contribution is -2.06. The first-order valence-corrected chi connectivity index (χ1v) is 4.78. The maximum absolute atomic E-state index is 11.3. The lowest BCUT2D eigenvalue weighted by atomic mass is 10.0. The van der Waals surface area contributed by atoms with Gasteiger partial charge < -0.3 is 9.52 Å². The van der Waals surface area contributed by atoms with Gasteiger partial charge in [0.2, 0.25) is 5.75 Å². The Kier molecular flexibility index (Phi) is 2.44. The number of rotatable bonds is 1.